The van der Waals surface area contributed by atoms with Crippen LogP contribution in [0.25, 0.3) is 0 Å². The van der Waals surface area contributed by atoms with E-state index in [0.717, 1.165) is 30.3 Å². The Morgan fingerprint density at radius 1 is 1.44 bits per heavy atom. The van der Waals surface area contributed by atoms with Crippen LogP contribution in [0.2, 0.25) is 0 Å². The first-order valence-electron chi connectivity index (χ1n) is 6.13. The molecular formula is C12H20N4. The molecule has 0 atom stereocenters. The summed E-state index contributed by atoms with van der Waals surface area (Å²) in [4.78, 5) is 8.76. The second-order valence-corrected chi connectivity index (χ2v) is 4.42. The van der Waals surface area contributed by atoms with Crippen LogP contribution in [-0.4, -0.2) is 22.6 Å². The van der Waals surface area contributed by atoms with E-state index in [1.54, 1.807) is 0 Å². The molecular weight excluding hydrogens is 200 g/mol. The third kappa shape index (κ3) is 2.62. The molecule has 2 rings (SSSR count). The van der Waals surface area contributed by atoms with Gasteiger partial charge in [-0.3, -0.25) is 0 Å². The van der Waals surface area contributed by atoms with Gasteiger partial charge in [0.25, 0.3) is 0 Å². The monoisotopic (exact) mass is 220 g/mol. The van der Waals surface area contributed by atoms with Crippen molar-refractivity contribution in [1.82, 2.24) is 9.97 Å². The van der Waals surface area contributed by atoms with Crippen LogP contribution in [0.3, 0.4) is 0 Å². The third-order valence-electron chi connectivity index (χ3n) is 2.95. The zero-order valence-corrected chi connectivity index (χ0v) is 10.1. The minimum absolute atomic E-state index is 0.618. The lowest BCUT2D eigenvalue weighted by atomic mass is 9.93. The average Bonchev–Trinajstić information content (AvgIpc) is 2.23. The third-order valence-corrected chi connectivity index (χ3v) is 2.95. The highest BCUT2D eigenvalue weighted by atomic mass is 15.1. The normalized spacial score (nSPS) is 15.6. The number of nitrogens with one attached hydrogen (secondary N) is 2. The number of aryl methyl sites for hydroxylation is 1. The Balaban J connectivity index is 2.02. The Bertz CT molecular complexity index is 347. The summed E-state index contributed by atoms with van der Waals surface area (Å²) in [6, 6.07) is 0.618. The Morgan fingerprint density at radius 3 is 2.88 bits per heavy atom. The molecule has 1 saturated carbocycles. The minimum Gasteiger partial charge on any atom is -0.367 e. The first-order chi connectivity index (χ1) is 7.79. The van der Waals surface area contributed by atoms with Crippen molar-refractivity contribution in [3.8, 4) is 0 Å². The van der Waals surface area contributed by atoms with Crippen LogP contribution in [-0.2, 0) is 0 Å². The van der Waals surface area contributed by atoms with Gasteiger partial charge in [-0.2, -0.15) is 4.98 Å². The second kappa shape index (κ2) is 5.14. The van der Waals surface area contributed by atoms with E-state index in [4.69, 9.17) is 0 Å². The van der Waals surface area contributed by atoms with E-state index in [9.17, 15) is 0 Å². The highest BCUT2D eigenvalue weighted by Gasteiger charge is 2.18. The van der Waals surface area contributed by atoms with E-state index in [2.05, 4.69) is 27.5 Å². The summed E-state index contributed by atoms with van der Waals surface area (Å²) in [6.07, 6.45) is 6.83. The molecule has 0 aromatic carbocycles. The molecule has 0 spiro atoms. The number of hydrogen-bond donors (Lipinski definition) is 2. The molecule has 1 aromatic heterocycles. The average molecular weight is 220 g/mol. The van der Waals surface area contributed by atoms with Crippen molar-refractivity contribution < 1.29 is 0 Å². The van der Waals surface area contributed by atoms with E-state index < -0.39 is 0 Å². The second-order valence-electron chi connectivity index (χ2n) is 4.42. The molecule has 2 N–H and O–H groups in total. The van der Waals surface area contributed by atoms with Crippen LogP contribution in [0.1, 0.15) is 38.2 Å². The first kappa shape index (κ1) is 11.2. The van der Waals surface area contributed by atoms with Crippen molar-refractivity contribution in [3.63, 3.8) is 0 Å². The minimum atomic E-state index is 0.618. The fraction of sp³-hybridized carbons (Fsp3) is 0.667. The van der Waals surface area contributed by atoms with Crippen LogP contribution in [0.15, 0.2) is 6.20 Å². The van der Waals surface area contributed by atoms with Crippen LogP contribution in [0.5, 0.6) is 0 Å². The number of anilines is 2. The number of aromatic nitrogens is 2. The van der Waals surface area contributed by atoms with Gasteiger partial charge in [0.05, 0.1) is 0 Å². The lowest BCUT2D eigenvalue weighted by Gasteiger charge is -2.27. The van der Waals surface area contributed by atoms with Gasteiger partial charge in [0.1, 0.15) is 5.82 Å². The van der Waals surface area contributed by atoms with Gasteiger partial charge in [-0.05, 0) is 32.6 Å². The fourth-order valence-corrected chi connectivity index (χ4v) is 1.66. The Labute approximate surface area is 96.9 Å². The molecule has 1 fully saturated rings. The topological polar surface area (TPSA) is 49.8 Å². The maximum Gasteiger partial charge on any atom is 0.224 e. The van der Waals surface area contributed by atoms with Gasteiger partial charge in [-0.15, -0.1) is 0 Å². The summed E-state index contributed by atoms with van der Waals surface area (Å²) in [5.74, 6) is 1.72. The van der Waals surface area contributed by atoms with E-state index in [-0.39, 0.29) is 0 Å². The fourth-order valence-electron chi connectivity index (χ4n) is 1.66. The number of hydrogen-bond acceptors (Lipinski definition) is 4. The highest BCUT2D eigenvalue weighted by molar-refractivity contribution is 5.47. The zero-order valence-electron chi connectivity index (χ0n) is 10.1. The van der Waals surface area contributed by atoms with Crippen molar-refractivity contribution in [1.29, 1.82) is 0 Å². The van der Waals surface area contributed by atoms with Gasteiger partial charge >= 0.3 is 0 Å². The molecule has 0 radical (unpaired) electrons. The van der Waals surface area contributed by atoms with Crippen LogP contribution in [0.4, 0.5) is 11.8 Å². The Hall–Kier alpha value is -1.32. The summed E-state index contributed by atoms with van der Waals surface area (Å²) < 4.78 is 0. The summed E-state index contributed by atoms with van der Waals surface area (Å²) in [7, 11) is 0. The molecule has 1 heterocycles. The summed E-state index contributed by atoms with van der Waals surface area (Å²) in [6.45, 7) is 5.10. The van der Waals surface area contributed by atoms with Gasteiger partial charge in [-0.1, -0.05) is 6.92 Å². The molecule has 16 heavy (non-hydrogen) atoms. The maximum absolute atomic E-state index is 4.50. The Morgan fingerprint density at radius 2 is 2.25 bits per heavy atom. The number of rotatable bonds is 5. The van der Waals surface area contributed by atoms with Gasteiger partial charge in [0, 0.05) is 24.3 Å². The van der Waals surface area contributed by atoms with Crippen LogP contribution in [0, 0.1) is 6.92 Å². The van der Waals surface area contributed by atoms with Gasteiger partial charge < -0.3 is 10.6 Å². The van der Waals surface area contributed by atoms with Crippen molar-refractivity contribution in [2.75, 3.05) is 17.2 Å². The smallest absolute Gasteiger partial charge is 0.224 e. The summed E-state index contributed by atoms with van der Waals surface area (Å²) in [5.41, 5.74) is 1.12. The predicted molar refractivity (Wildman–Crippen MR) is 66.8 cm³/mol. The summed E-state index contributed by atoms with van der Waals surface area (Å²) >= 11 is 0. The standard InChI is InChI=1S/C12H20N4/c1-3-7-13-12-14-8-9(2)11(16-12)15-10-5-4-6-10/h8,10H,3-7H2,1-2H3,(H2,13,14,15,16). The van der Waals surface area contributed by atoms with Gasteiger partial charge in [0.15, 0.2) is 0 Å². The van der Waals surface area contributed by atoms with Gasteiger partial charge in [-0.25, -0.2) is 4.98 Å². The molecule has 0 amide bonds. The highest BCUT2D eigenvalue weighted by Crippen LogP contribution is 2.24. The van der Waals surface area contributed by atoms with Gasteiger partial charge in [0.2, 0.25) is 5.95 Å². The lowest BCUT2D eigenvalue weighted by Crippen LogP contribution is -2.28. The van der Waals surface area contributed by atoms with E-state index in [1.165, 1.54) is 19.3 Å². The largest absolute Gasteiger partial charge is 0.367 e. The molecule has 1 aliphatic carbocycles. The predicted octanol–water partition coefficient (Wildman–Crippen LogP) is 2.57. The maximum atomic E-state index is 4.50. The first-order valence-corrected chi connectivity index (χ1v) is 6.13. The number of nitrogens with zero attached hydrogens (tertiary/aromatic N) is 2. The Kier molecular flexibility index (Phi) is 3.59. The molecule has 0 saturated heterocycles. The zero-order chi connectivity index (χ0) is 11.4. The van der Waals surface area contributed by atoms with E-state index in [0.29, 0.717) is 6.04 Å². The quantitative estimate of drug-likeness (QED) is 0.800. The van der Waals surface area contributed by atoms with E-state index in [1.807, 2.05) is 13.1 Å². The van der Waals surface area contributed by atoms with Crippen molar-refractivity contribution in [2.24, 2.45) is 0 Å². The summed E-state index contributed by atoms with van der Waals surface area (Å²) in [5, 5.41) is 6.68. The van der Waals surface area contributed by atoms with E-state index >= 15 is 0 Å². The van der Waals surface area contributed by atoms with Crippen LogP contribution >= 0.6 is 0 Å². The molecule has 0 bridgehead atoms. The molecule has 1 aromatic rings. The van der Waals surface area contributed by atoms with Crippen molar-refractivity contribution in [2.45, 2.75) is 45.6 Å². The van der Waals surface area contributed by atoms with Crippen LogP contribution < -0.4 is 10.6 Å². The van der Waals surface area contributed by atoms with Crippen molar-refractivity contribution >= 4 is 11.8 Å². The van der Waals surface area contributed by atoms with Crippen molar-refractivity contribution in [3.05, 3.63) is 11.8 Å². The molecule has 88 valence electrons. The molecule has 1 aliphatic rings. The SMILES string of the molecule is CCCNc1ncc(C)c(NC2CCC2)n1. The molecule has 4 heteroatoms. The molecule has 0 aliphatic heterocycles. The molecule has 0 unspecified atom stereocenters. The lowest BCUT2D eigenvalue weighted by molar-refractivity contribution is 0.444. The molecule has 4 nitrogen and oxygen atoms in total.